The smallest absolute Gasteiger partial charge is 0.308 e. The van der Waals surface area contributed by atoms with Crippen LogP contribution >= 0.6 is 0 Å². The van der Waals surface area contributed by atoms with E-state index in [1.54, 1.807) is 0 Å². The second-order valence-electron chi connectivity index (χ2n) is 5.29. The molecule has 4 unspecified atom stereocenters. The van der Waals surface area contributed by atoms with Crippen LogP contribution in [0.2, 0.25) is 0 Å². The van der Waals surface area contributed by atoms with Gasteiger partial charge in [0.1, 0.15) is 0 Å². The van der Waals surface area contributed by atoms with Crippen LogP contribution in [-0.4, -0.2) is 33.8 Å². The highest BCUT2D eigenvalue weighted by Gasteiger charge is 2.61. The summed E-state index contributed by atoms with van der Waals surface area (Å²) in [7, 11) is 0. The summed E-state index contributed by atoms with van der Waals surface area (Å²) in [5, 5.41) is 9.17. The number of fused-ring (bicyclic) bond motifs is 1. The Morgan fingerprint density at radius 2 is 1.71 bits per heavy atom. The molecule has 0 aromatic heterocycles. The maximum atomic E-state index is 11.9. The van der Waals surface area contributed by atoms with Gasteiger partial charge in [-0.3, -0.25) is 19.3 Å². The van der Waals surface area contributed by atoms with Crippen molar-refractivity contribution >= 4 is 17.8 Å². The zero-order chi connectivity index (χ0) is 12.2. The normalized spacial score (nSPS) is 40.4. The van der Waals surface area contributed by atoms with Crippen molar-refractivity contribution in [3.63, 3.8) is 0 Å². The number of carboxylic acid groups (broad SMARTS) is 1. The average Bonchev–Trinajstić information content (AvgIpc) is 3.05. The minimum absolute atomic E-state index is 0.126. The highest BCUT2D eigenvalue weighted by atomic mass is 16.4. The molecule has 2 saturated carbocycles. The lowest BCUT2D eigenvalue weighted by molar-refractivity contribution is -0.152. The number of aliphatic carboxylic acids is 1. The van der Waals surface area contributed by atoms with E-state index in [9.17, 15) is 14.4 Å². The second kappa shape index (κ2) is 3.55. The summed E-state index contributed by atoms with van der Waals surface area (Å²) in [5.41, 5.74) is 0. The van der Waals surface area contributed by atoms with Crippen LogP contribution in [0.3, 0.4) is 0 Å². The van der Waals surface area contributed by atoms with E-state index in [2.05, 4.69) is 0 Å². The molecular weight excluding hydrogens is 222 g/mol. The molecule has 92 valence electrons. The fraction of sp³-hybridized carbons (Fsp3) is 0.750. The fourth-order valence-electron chi connectivity index (χ4n) is 3.24. The first kappa shape index (κ1) is 10.7. The van der Waals surface area contributed by atoms with Crippen LogP contribution in [0.4, 0.5) is 0 Å². The monoisotopic (exact) mass is 237 g/mol. The minimum Gasteiger partial charge on any atom is -0.481 e. The molecule has 5 heteroatoms. The van der Waals surface area contributed by atoms with Gasteiger partial charge in [0.25, 0.3) is 0 Å². The molecule has 0 radical (unpaired) electrons. The lowest BCUT2D eigenvalue weighted by Crippen LogP contribution is -2.49. The van der Waals surface area contributed by atoms with Crippen LogP contribution in [0.1, 0.15) is 32.1 Å². The number of imide groups is 1. The van der Waals surface area contributed by atoms with E-state index in [4.69, 9.17) is 5.11 Å². The molecule has 1 N–H and O–H groups in total. The predicted molar refractivity (Wildman–Crippen MR) is 56.8 cm³/mol. The molecule has 1 saturated heterocycles. The third kappa shape index (κ3) is 1.48. The molecule has 4 atom stereocenters. The van der Waals surface area contributed by atoms with E-state index in [0.717, 1.165) is 12.8 Å². The highest BCUT2D eigenvalue weighted by molar-refractivity contribution is 6.09. The number of amides is 2. The van der Waals surface area contributed by atoms with Crippen molar-refractivity contribution in [2.45, 2.75) is 38.1 Å². The predicted octanol–water partition coefficient (Wildman–Crippen LogP) is 0.635. The van der Waals surface area contributed by atoms with Crippen molar-refractivity contribution in [2.75, 3.05) is 0 Å². The number of carboxylic acids is 1. The molecule has 0 aromatic rings. The van der Waals surface area contributed by atoms with Crippen LogP contribution in [0, 0.1) is 17.8 Å². The van der Waals surface area contributed by atoms with Gasteiger partial charge in [-0.15, -0.1) is 0 Å². The van der Waals surface area contributed by atoms with Gasteiger partial charge < -0.3 is 5.11 Å². The van der Waals surface area contributed by atoms with Crippen molar-refractivity contribution in [3.05, 3.63) is 0 Å². The Hall–Kier alpha value is -1.39. The van der Waals surface area contributed by atoms with Crippen molar-refractivity contribution in [1.29, 1.82) is 0 Å². The van der Waals surface area contributed by atoms with Gasteiger partial charge in [-0.05, 0) is 19.3 Å². The summed E-state index contributed by atoms with van der Waals surface area (Å²) in [4.78, 5) is 36.3. The molecule has 3 rings (SSSR count). The molecular formula is C12H15NO4. The highest BCUT2D eigenvalue weighted by Crippen LogP contribution is 2.49. The number of nitrogens with zero attached hydrogens (tertiary/aromatic N) is 1. The number of likely N-dealkylation sites (tertiary alicyclic amines) is 1. The molecule has 3 aliphatic rings. The van der Waals surface area contributed by atoms with Crippen LogP contribution in [0.5, 0.6) is 0 Å². The summed E-state index contributed by atoms with van der Waals surface area (Å²) in [5.74, 6) is -1.95. The molecule has 17 heavy (non-hydrogen) atoms. The summed E-state index contributed by atoms with van der Waals surface area (Å²) in [6.45, 7) is 0. The van der Waals surface area contributed by atoms with E-state index in [-0.39, 0.29) is 23.7 Å². The number of piperidine rings is 1. The van der Waals surface area contributed by atoms with Crippen LogP contribution in [0.25, 0.3) is 0 Å². The quantitative estimate of drug-likeness (QED) is 0.715. The molecule has 0 aromatic carbocycles. The van der Waals surface area contributed by atoms with Crippen molar-refractivity contribution in [1.82, 2.24) is 4.90 Å². The van der Waals surface area contributed by atoms with Gasteiger partial charge >= 0.3 is 5.97 Å². The molecule has 3 fully saturated rings. The average molecular weight is 237 g/mol. The van der Waals surface area contributed by atoms with Crippen LogP contribution < -0.4 is 0 Å². The summed E-state index contributed by atoms with van der Waals surface area (Å²) in [6.07, 6.45) is 3.68. The molecule has 0 spiro atoms. The van der Waals surface area contributed by atoms with Gasteiger partial charge in [0.05, 0.1) is 23.8 Å². The molecule has 1 aliphatic heterocycles. The van der Waals surface area contributed by atoms with E-state index >= 15 is 0 Å². The topological polar surface area (TPSA) is 74.7 Å². The molecule has 2 aliphatic carbocycles. The first-order chi connectivity index (χ1) is 8.11. The van der Waals surface area contributed by atoms with Gasteiger partial charge in [0, 0.05) is 0 Å². The minimum atomic E-state index is -0.879. The summed E-state index contributed by atoms with van der Waals surface area (Å²) < 4.78 is 0. The van der Waals surface area contributed by atoms with Crippen molar-refractivity contribution in [2.24, 2.45) is 17.8 Å². The first-order valence-electron chi connectivity index (χ1n) is 6.21. The second-order valence-corrected chi connectivity index (χ2v) is 5.29. The van der Waals surface area contributed by atoms with Gasteiger partial charge in [-0.25, -0.2) is 0 Å². The van der Waals surface area contributed by atoms with Crippen LogP contribution in [-0.2, 0) is 14.4 Å². The lowest BCUT2D eigenvalue weighted by Gasteiger charge is -2.35. The maximum absolute atomic E-state index is 11.9. The van der Waals surface area contributed by atoms with Gasteiger partial charge in [0.15, 0.2) is 0 Å². The number of carbonyl (C=O) groups excluding carboxylic acids is 2. The summed E-state index contributed by atoms with van der Waals surface area (Å²) >= 11 is 0. The fourth-order valence-corrected chi connectivity index (χ4v) is 3.24. The summed E-state index contributed by atoms with van der Waals surface area (Å²) in [6, 6.07) is -0.394. The Bertz CT molecular complexity index is 385. The van der Waals surface area contributed by atoms with E-state index in [0.29, 0.717) is 19.3 Å². The third-order valence-corrected chi connectivity index (χ3v) is 4.28. The zero-order valence-corrected chi connectivity index (χ0v) is 9.46. The Morgan fingerprint density at radius 1 is 1.12 bits per heavy atom. The first-order valence-corrected chi connectivity index (χ1v) is 6.21. The van der Waals surface area contributed by atoms with Gasteiger partial charge in [-0.1, -0.05) is 12.8 Å². The van der Waals surface area contributed by atoms with E-state index in [1.165, 1.54) is 4.90 Å². The Labute approximate surface area is 98.8 Å². The standard InChI is InChI=1S/C12H15NO4/c14-10-7-5-8(7)11(15)13(10)9-4-2-1-3-6(9)12(16)17/h6-9H,1-5H2,(H,16,17). The van der Waals surface area contributed by atoms with E-state index in [1.807, 2.05) is 0 Å². The number of hydrogen-bond acceptors (Lipinski definition) is 3. The Balaban J connectivity index is 1.84. The van der Waals surface area contributed by atoms with Crippen molar-refractivity contribution in [3.8, 4) is 0 Å². The number of carbonyl (C=O) groups is 3. The number of hydrogen-bond donors (Lipinski definition) is 1. The Morgan fingerprint density at radius 3 is 2.29 bits per heavy atom. The molecule has 5 nitrogen and oxygen atoms in total. The van der Waals surface area contributed by atoms with Gasteiger partial charge in [-0.2, -0.15) is 0 Å². The zero-order valence-electron chi connectivity index (χ0n) is 9.46. The molecule has 0 bridgehead atoms. The van der Waals surface area contributed by atoms with Crippen LogP contribution in [0.15, 0.2) is 0 Å². The largest absolute Gasteiger partial charge is 0.481 e. The molecule has 2 amide bonds. The SMILES string of the molecule is O=C(O)C1CCCCC1N1C(=O)C2CC2C1=O. The maximum Gasteiger partial charge on any atom is 0.308 e. The third-order valence-electron chi connectivity index (χ3n) is 4.28. The van der Waals surface area contributed by atoms with Crippen molar-refractivity contribution < 1.29 is 19.5 Å². The molecule has 1 heterocycles. The van der Waals surface area contributed by atoms with E-state index < -0.39 is 17.9 Å². The lowest BCUT2D eigenvalue weighted by atomic mass is 9.83. The Kier molecular flexibility index (Phi) is 2.24. The number of rotatable bonds is 2. The van der Waals surface area contributed by atoms with Gasteiger partial charge in [0.2, 0.25) is 11.8 Å².